The maximum absolute atomic E-state index is 5.26. The van der Waals surface area contributed by atoms with Crippen LogP contribution in [-0.2, 0) is 20.1 Å². The predicted molar refractivity (Wildman–Crippen MR) is 125 cm³/mol. The Balaban J connectivity index is 1.45. The predicted octanol–water partition coefficient (Wildman–Crippen LogP) is 2.00. The van der Waals surface area contributed by atoms with E-state index in [0.29, 0.717) is 13.1 Å². The fraction of sp³-hybridized carbons (Fsp3) is 0.391. The average molecular weight is 435 g/mol. The van der Waals surface area contributed by atoms with Crippen LogP contribution in [-0.4, -0.2) is 63.9 Å². The summed E-state index contributed by atoms with van der Waals surface area (Å²) in [5, 5.41) is 11.9. The minimum atomic E-state index is 0.569. The number of anilines is 1. The summed E-state index contributed by atoms with van der Waals surface area (Å²) in [4.78, 5) is 14.0. The van der Waals surface area contributed by atoms with E-state index in [-0.39, 0.29) is 0 Å². The summed E-state index contributed by atoms with van der Waals surface area (Å²) in [5.74, 6) is 4.52. The Labute approximate surface area is 188 Å². The molecule has 1 aliphatic rings. The second-order valence-corrected chi connectivity index (χ2v) is 7.73. The summed E-state index contributed by atoms with van der Waals surface area (Å²) in [7, 11) is 3.65. The first-order valence-electron chi connectivity index (χ1n) is 10.8. The lowest BCUT2D eigenvalue weighted by Crippen LogP contribution is -2.52. The number of benzene rings is 1. The minimum absolute atomic E-state index is 0.569. The minimum Gasteiger partial charge on any atom is -0.497 e. The standard InChI is InChI=1S/C23H30N8O/c1-18-27-28-22(29(18)2)17-26-23(25-16-19-7-9-20(32-3)10-8-19)31-14-12-30(13-15-31)21-6-4-5-11-24-21/h4-11H,12-17H2,1-3H3,(H,25,26). The van der Waals surface area contributed by atoms with E-state index >= 15 is 0 Å². The van der Waals surface area contributed by atoms with Gasteiger partial charge >= 0.3 is 0 Å². The molecule has 9 nitrogen and oxygen atoms in total. The van der Waals surface area contributed by atoms with E-state index < -0.39 is 0 Å². The van der Waals surface area contributed by atoms with Crippen molar-refractivity contribution in [2.45, 2.75) is 20.0 Å². The van der Waals surface area contributed by atoms with E-state index in [1.807, 2.05) is 61.1 Å². The molecule has 32 heavy (non-hydrogen) atoms. The van der Waals surface area contributed by atoms with Gasteiger partial charge in [0, 0.05) is 39.4 Å². The van der Waals surface area contributed by atoms with Crippen molar-refractivity contribution in [2.75, 3.05) is 38.2 Å². The van der Waals surface area contributed by atoms with E-state index in [1.54, 1.807) is 7.11 Å². The molecule has 0 unspecified atom stereocenters. The van der Waals surface area contributed by atoms with Crippen molar-refractivity contribution < 1.29 is 4.74 Å². The second kappa shape index (κ2) is 10.1. The Bertz CT molecular complexity index is 1020. The van der Waals surface area contributed by atoms with Gasteiger partial charge in [0.2, 0.25) is 0 Å². The van der Waals surface area contributed by atoms with E-state index in [1.165, 1.54) is 0 Å². The van der Waals surface area contributed by atoms with Crippen LogP contribution in [0.1, 0.15) is 17.2 Å². The lowest BCUT2D eigenvalue weighted by molar-refractivity contribution is 0.369. The SMILES string of the molecule is COc1ccc(CN=C(NCc2nnc(C)n2C)N2CCN(c3ccccn3)CC2)cc1. The Hall–Kier alpha value is -3.62. The molecule has 168 valence electrons. The molecule has 0 aliphatic carbocycles. The van der Waals surface area contributed by atoms with Crippen molar-refractivity contribution in [2.24, 2.45) is 12.0 Å². The molecule has 0 amide bonds. The summed E-state index contributed by atoms with van der Waals surface area (Å²) in [6, 6.07) is 14.1. The third kappa shape index (κ3) is 5.16. The van der Waals surface area contributed by atoms with Gasteiger partial charge in [-0.15, -0.1) is 10.2 Å². The Morgan fingerprint density at radius 2 is 1.84 bits per heavy atom. The van der Waals surface area contributed by atoms with Crippen LogP contribution in [0.2, 0.25) is 0 Å². The summed E-state index contributed by atoms with van der Waals surface area (Å²) in [5.41, 5.74) is 1.13. The van der Waals surface area contributed by atoms with Crippen molar-refractivity contribution in [3.63, 3.8) is 0 Å². The summed E-state index contributed by atoms with van der Waals surface area (Å²) in [6.45, 7) is 6.62. The van der Waals surface area contributed by atoms with Gasteiger partial charge in [-0.1, -0.05) is 18.2 Å². The number of hydrogen-bond acceptors (Lipinski definition) is 6. The van der Waals surface area contributed by atoms with Crippen molar-refractivity contribution in [3.05, 3.63) is 65.9 Å². The van der Waals surface area contributed by atoms with Crippen molar-refractivity contribution >= 4 is 11.8 Å². The molecule has 0 saturated carbocycles. The molecule has 3 heterocycles. The molecule has 0 radical (unpaired) electrons. The van der Waals surface area contributed by atoms with Crippen LogP contribution >= 0.6 is 0 Å². The fourth-order valence-electron chi connectivity index (χ4n) is 3.62. The van der Waals surface area contributed by atoms with E-state index in [4.69, 9.17) is 9.73 Å². The lowest BCUT2D eigenvalue weighted by Gasteiger charge is -2.37. The molecule has 0 atom stereocenters. The van der Waals surface area contributed by atoms with E-state index in [0.717, 1.165) is 60.9 Å². The number of aromatic nitrogens is 4. The number of methoxy groups -OCH3 is 1. The zero-order chi connectivity index (χ0) is 22.3. The number of pyridine rings is 1. The van der Waals surface area contributed by atoms with Crippen molar-refractivity contribution in [1.82, 2.24) is 30.0 Å². The highest BCUT2D eigenvalue weighted by atomic mass is 16.5. The molecule has 0 spiro atoms. The molecular weight excluding hydrogens is 404 g/mol. The van der Waals surface area contributed by atoms with Crippen LogP contribution in [0.4, 0.5) is 5.82 Å². The number of rotatable bonds is 6. The third-order valence-corrected chi connectivity index (χ3v) is 5.71. The highest BCUT2D eigenvalue weighted by Crippen LogP contribution is 2.14. The Morgan fingerprint density at radius 3 is 2.47 bits per heavy atom. The molecular formula is C23H30N8O. The largest absolute Gasteiger partial charge is 0.497 e. The maximum Gasteiger partial charge on any atom is 0.194 e. The van der Waals surface area contributed by atoms with Crippen molar-refractivity contribution in [3.8, 4) is 5.75 Å². The maximum atomic E-state index is 5.26. The molecule has 9 heteroatoms. The third-order valence-electron chi connectivity index (χ3n) is 5.71. The molecule has 4 rings (SSSR count). The van der Waals surface area contributed by atoms with Crippen LogP contribution in [0.3, 0.4) is 0 Å². The summed E-state index contributed by atoms with van der Waals surface area (Å²) >= 11 is 0. The molecule has 1 aromatic carbocycles. The Morgan fingerprint density at radius 1 is 1.06 bits per heavy atom. The molecule has 2 aromatic heterocycles. The first kappa shape index (κ1) is 21.6. The first-order valence-corrected chi connectivity index (χ1v) is 10.8. The van der Waals surface area contributed by atoms with E-state index in [9.17, 15) is 0 Å². The van der Waals surface area contributed by atoms with Gasteiger partial charge in [0.15, 0.2) is 11.8 Å². The van der Waals surface area contributed by atoms with Crippen molar-refractivity contribution in [1.29, 1.82) is 0 Å². The van der Waals surface area contributed by atoms with E-state index in [2.05, 4.69) is 36.4 Å². The monoisotopic (exact) mass is 434 g/mol. The van der Waals surface area contributed by atoms with Gasteiger partial charge in [-0.25, -0.2) is 9.98 Å². The fourth-order valence-corrected chi connectivity index (χ4v) is 3.62. The summed E-state index contributed by atoms with van der Waals surface area (Å²) in [6.07, 6.45) is 1.84. The van der Waals surface area contributed by atoms with Gasteiger partial charge in [0.1, 0.15) is 17.4 Å². The molecule has 1 aliphatic heterocycles. The van der Waals surface area contributed by atoms with Gasteiger partial charge in [-0.05, 0) is 36.8 Å². The van der Waals surface area contributed by atoms with Crippen LogP contribution in [0, 0.1) is 6.92 Å². The molecule has 0 bridgehead atoms. The van der Waals surface area contributed by atoms with Crippen LogP contribution in [0.25, 0.3) is 0 Å². The number of aliphatic imine (C=N–C) groups is 1. The molecule has 1 N–H and O–H groups in total. The highest BCUT2D eigenvalue weighted by molar-refractivity contribution is 5.80. The lowest BCUT2D eigenvalue weighted by atomic mass is 10.2. The van der Waals surface area contributed by atoms with Gasteiger partial charge < -0.3 is 24.4 Å². The number of hydrogen-bond donors (Lipinski definition) is 1. The number of guanidine groups is 1. The quantitative estimate of drug-likeness (QED) is 0.469. The van der Waals surface area contributed by atoms with Gasteiger partial charge in [0.05, 0.1) is 20.2 Å². The van der Waals surface area contributed by atoms with Gasteiger partial charge in [0.25, 0.3) is 0 Å². The molecule has 3 aromatic rings. The smallest absolute Gasteiger partial charge is 0.194 e. The zero-order valence-corrected chi connectivity index (χ0v) is 18.9. The molecule has 1 saturated heterocycles. The normalized spacial score (nSPS) is 14.5. The molecule has 1 fully saturated rings. The highest BCUT2D eigenvalue weighted by Gasteiger charge is 2.21. The van der Waals surface area contributed by atoms with Gasteiger partial charge in [-0.3, -0.25) is 0 Å². The van der Waals surface area contributed by atoms with Gasteiger partial charge in [-0.2, -0.15) is 0 Å². The number of nitrogens with zero attached hydrogens (tertiary/aromatic N) is 7. The number of nitrogens with one attached hydrogen (secondary N) is 1. The summed E-state index contributed by atoms with van der Waals surface area (Å²) < 4.78 is 7.25. The first-order chi connectivity index (χ1) is 15.6. The van der Waals surface area contributed by atoms with Crippen LogP contribution in [0.5, 0.6) is 5.75 Å². The van der Waals surface area contributed by atoms with Crippen LogP contribution < -0.4 is 15.0 Å². The van der Waals surface area contributed by atoms with Crippen LogP contribution in [0.15, 0.2) is 53.7 Å². The number of ether oxygens (including phenoxy) is 1. The number of aryl methyl sites for hydroxylation is 1. The second-order valence-electron chi connectivity index (χ2n) is 7.73. The Kier molecular flexibility index (Phi) is 6.84. The topological polar surface area (TPSA) is 83.7 Å². The number of piperazine rings is 1. The average Bonchev–Trinajstić information content (AvgIpc) is 3.17. The zero-order valence-electron chi connectivity index (χ0n) is 18.9.